The summed E-state index contributed by atoms with van der Waals surface area (Å²) in [5, 5.41) is 3.47. The van der Waals surface area contributed by atoms with Crippen molar-refractivity contribution in [3.63, 3.8) is 0 Å². The molecular formula is C20H29N3O2. The van der Waals surface area contributed by atoms with Crippen molar-refractivity contribution >= 4 is 6.09 Å². The minimum atomic E-state index is -0.174. The molecule has 0 aromatic heterocycles. The molecule has 1 aliphatic carbocycles. The molecule has 1 spiro atoms. The molecule has 1 N–H and O–H groups in total. The van der Waals surface area contributed by atoms with Gasteiger partial charge in [0.15, 0.2) is 0 Å². The van der Waals surface area contributed by atoms with Crippen molar-refractivity contribution in [3.8, 4) is 0 Å². The Hall–Kier alpha value is -1.59. The highest BCUT2D eigenvalue weighted by atomic mass is 16.6. The topological polar surface area (TPSA) is 44.8 Å². The lowest BCUT2D eigenvalue weighted by Crippen LogP contribution is -2.59. The van der Waals surface area contributed by atoms with Crippen LogP contribution in [0.3, 0.4) is 0 Å². The molecule has 0 atom stereocenters. The van der Waals surface area contributed by atoms with Crippen molar-refractivity contribution in [2.24, 2.45) is 5.41 Å². The number of benzene rings is 1. The van der Waals surface area contributed by atoms with Crippen molar-refractivity contribution in [2.75, 3.05) is 39.3 Å². The highest BCUT2D eigenvalue weighted by Gasteiger charge is 2.47. The molecule has 136 valence electrons. The van der Waals surface area contributed by atoms with E-state index in [4.69, 9.17) is 4.74 Å². The molecule has 5 nitrogen and oxygen atoms in total. The first-order valence-corrected chi connectivity index (χ1v) is 9.65. The Labute approximate surface area is 150 Å². The van der Waals surface area contributed by atoms with E-state index in [1.165, 1.54) is 38.8 Å². The van der Waals surface area contributed by atoms with Gasteiger partial charge in [-0.15, -0.1) is 0 Å². The minimum Gasteiger partial charge on any atom is -0.445 e. The van der Waals surface area contributed by atoms with Crippen LogP contribution in [0.5, 0.6) is 0 Å². The quantitative estimate of drug-likeness (QED) is 0.916. The molecule has 0 unspecified atom stereocenters. The maximum atomic E-state index is 12.3. The van der Waals surface area contributed by atoms with Gasteiger partial charge in [-0.1, -0.05) is 30.3 Å². The van der Waals surface area contributed by atoms with Gasteiger partial charge >= 0.3 is 6.09 Å². The highest BCUT2D eigenvalue weighted by molar-refractivity contribution is 5.67. The van der Waals surface area contributed by atoms with E-state index < -0.39 is 0 Å². The van der Waals surface area contributed by atoms with E-state index >= 15 is 0 Å². The van der Waals surface area contributed by atoms with E-state index in [1.54, 1.807) is 0 Å². The van der Waals surface area contributed by atoms with Gasteiger partial charge in [0.05, 0.1) is 0 Å². The Balaban J connectivity index is 1.19. The van der Waals surface area contributed by atoms with Gasteiger partial charge in [0.1, 0.15) is 6.61 Å². The number of rotatable bonds is 3. The second-order valence-corrected chi connectivity index (χ2v) is 7.88. The lowest BCUT2D eigenvalue weighted by Gasteiger charge is -2.55. The Morgan fingerprint density at radius 2 is 1.76 bits per heavy atom. The first kappa shape index (κ1) is 16.9. The van der Waals surface area contributed by atoms with Crippen LogP contribution in [0.1, 0.15) is 31.2 Å². The van der Waals surface area contributed by atoms with Crippen LogP contribution >= 0.6 is 0 Å². The number of piperidine rings is 1. The van der Waals surface area contributed by atoms with Gasteiger partial charge in [0, 0.05) is 32.2 Å². The van der Waals surface area contributed by atoms with Crippen LogP contribution in [-0.2, 0) is 11.3 Å². The molecule has 5 heteroatoms. The molecule has 25 heavy (non-hydrogen) atoms. The summed E-state index contributed by atoms with van der Waals surface area (Å²) >= 11 is 0. The van der Waals surface area contributed by atoms with Crippen LogP contribution in [0.2, 0.25) is 0 Å². The largest absolute Gasteiger partial charge is 0.445 e. The van der Waals surface area contributed by atoms with Gasteiger partial charge in [-0.05, 0) is 49.8 Å². The third-order valence-corrected chi connectivity index (χ3v) is 6.30. The monoisotopic (exact) mass is 343 g/mol. The maximum absolute atomic E-state index is 12.3. The Morgan fingerprint density at radius 1 is 1.08 bits per heavy atom. The van der Waals surface area contributed by atoms with E-state index in [9.17, 15) is 4.79 Å². The summed E-state index contributed by atoms with van der Waals surface area (Å²) in [5.41, 5.74) is 1.66. The summed E-state index contributed by atoms with van der Waals surface area (Å²) in [7, 11) is 0. The van der Waals surface area contributed by atoms with E-state index in [1.807, 2.05) is 35.2 Å². The lowest BCUT2D eigenvalue weighted by atomic mass is 9.60. The number of amides is 1. The molecule has 1 amide bonds. The zero-order chi connectivity index (χ0) is 17.1. The molecule has 4 rings (SSSR count). The second-order valence-electron chi connectivity index (χ2n) is 7.88. The summed E-state index contributed by atoms with van der Waals surface area (Å²) in [6.45, 7) is 6.29. The minimum absolute atomic E-state index is 0.174. The molecule has 3 aliphatic rings. The normalized spacial score (nSPS) is 24.1. The Morgan fingerprint density at radius 3 is 2.44 bits per heavy atom. The SMILES string of the molecule is O=C(OCc1ccccc1)N1CCN(C2CC3(CCNCC3)C2)CC1. The number of hydrogen-bond donors (Lipinski definition) is 1. The first-order chi connectivity index (χ1) is 12.2. The third-order valence-electron chi connectivity index (χ3n) is 6.30. The fourth-order valence-electron chi connectivity index (χ4n) is 4.64. The fraction of sp³-hybridized carbons (Fsp3) is 0.650. The molecule has 0 bridgehead atoms. The second kappa shape index (κ2) is 7.34. The van der Waals surface area contributed by atoms with Crippen molar-refractivity contribution in [1.82, 2.24) is 15.1 Å². The van der Waals surface area contributed by atoms with Crippen LogP contribution in [0.25, 0.3) is 0 Å². The van der Waals surface area contributed by atoms with Crippen molar-refractivity contribution < 1.29 is 9.53 Å². The molecule has 1 saturated carbocycles. The lowest BCUT2D eigenvalue weighted by molar-refractivity contribution is -0.0374. The van der Waals surface area contributed by atoms with Gasteiger partial charge in [-0.3, -0.25) is 4.90 Å². The first-order valence-electron chi connectivity index (χ1n) is 9.65. The summed E-state index contributed by atoms with van der Waals surface area (Å²) < 4.78 is 5.46. The zero-order valence-electron chi connectivity index (χ0n) is 15.0. The Kier molecular flexibility index (Phi) is 4.95. The molecule has 0 radical (unpaired) electrons. The Bertz CT molecular complexity index is 570. The van der Waals surface area contributed by atoms with Crippen LogP contribution < -0.4 is 5.32 Å². The van der Waals surface area contributed by atoms with Crippen molar-refractivity contribution in [2.45, 2.75) is 38.3 Å². The van der Waals surface area contributed by atoms with Crippen LogP contribution in [0, 0.1) is 5.41 Å². The summed E-state index contributed by atoms with van der Waals surface area (Å²) in [6.07, 6.45) is 5.22. The van der Waals surface area contributed by atoms with E-state index in [0.717, 1.165) is 37.8 Å². The number of ether oxygens (including phenoxy) is 1. The van der Waals surface area contributed by atoms with Gasteiger partial charge < -0.3 is 15.0 Å². The average Bonchev–Trinajstić information content (AvgIpc) is 2.66. The number of hydrogen-bond acceptors (Lipinski definition) is 4. The summed E-state index contributed by atoms with van der Waals surface area (Å²) in [6, 6.07) is 10.6. The molecule has 2 saturated heterocycles. The van der Waals surface area contributed by atoms with E-state index in [-0.39, 0.29) is 6.09 Å². The molecule has 2 aliphatic heterocycles. The van der Waals surface area contributed by atoms with Crippen LogP contribution in [0.15, 0.2) is 30.3 Å². The van der Waals surface area contributed by atoms with Gasteiger partial charge in [0.2, 0.25) is 0 Å². The van der Waals surface area contributed by atoms with Crippen LogP contribution in [-0.4, -0.2) is 61.2 Å². The number of carbonyl (C=O) groups is 1. The predicted octanol–water partition coefficient (Wildman–Crippen LogP) is 2.47. The number of nitrogens with zero attached hydrogens (tertiary/aromatic N) is 2. The average molecular weight is 343 g/mol. The summed E-state index contributed by atoms with van der Waals surface area (Å²) in [5.74, 6) is 0. The molecule has 2 heterocycles. The van der Waals surface area contributed by atoms with E-state index in [2.05, 4.69) is 10.2 Å². The van der Waals surface area contributed by atoms with Gasteiger partial charge in [0.25, 0.3) is 0 Å². The van der Waals surface area contributed by atoms with E-state index in [0.29, 0.717) is 12.0 Å². The number of carbonyl (C=O) groups excluding carboxylic acids is 1. The van der Waals surface area contributed by atoms with Gasteiger partial charge in [-0.2, -0.15) is 0 Å². The van der Waals surface area contributed by atoms with Gasteiger partial charge in [-0.25, -0.2) is 4.79 Å². The molecular weight excluding hydrogens is 314 g/mol. The maximum Gasteiger partial charge on any atom is 0.410 e. The molecule has 1 aromatic carbocycles. The summed E-state index contributed by atoms with van der Waals surface area (Å²) in [4.78, 5) is 16.7. The standard InChI is InChI=1S/C20H29N3O2/c24-19(25-16-17-4-2-1-3-5-17)23-12-10-22(11-13-23)18-14-20(15-18)6-8-21-9-7-20/h1-5,18,21H,6-16H2. The zero-order valence-corrected chi connectivity index (χ0v) is 15.0. The number of piperazine rings is 1. The highest BCUT2D eigenvalue weighted by Crippen LogP contribution is 2.49. The third kappa shape index (κ3) is 3.82. The van der Waals surface area contributed by atoms with Crippen molar-refractivity contribution in [1.29, 1.82) is 0 Å². The molecule has 3 fully saturated rings. The smallest absolute Gasteiger partial charge is 0.410 e. The molecule has 1 aromatic rings. The van der Waals surface area contributed by atoms with Crippen molar-refractivity contribution in [3.05, 3.63) is 35.9 Å². The predicted molar refractivity (Wildman–Crippen MR) is 97.3 cm³/mol. The fourth-order valence-corrected chi connectivity index (χ4v) is 4.64. The van der Waals surface area contributed by atoms with Crippen LogP contribution in [0.4, 0.5) is 4.79 Å². The number of nitrogens with one attached hydrogen (secondary N) is 1.